The summed E-state index contributed by atoms with van der Waals surface area (Å²) in [6.07, 6.45) is 0. The largest absolute Gasteiger partial charge is 0.278 e. The molecule has 0 saturated heterocycles. The van der Waals surface area contributed by atoms with Gasteiger partial charge in [0.25, 0.3) is 0 Å². The molecule has 8 aromatic rings. The molecule has 4 nitrogen and oxygen atoms in total. The Labute approximate surface area is 236 Å². The maximum Gasteiger partial charge on any atom is 0.238 e. The monoisotopic (exact) mass is 514 g/mol. The summed E-state index contributed by atoms with van der Waals surface area (Å²) in [6.45, 7) is 0. The number of thiophene rings is 1. The molecular weight excluding hydrogens is 484 g/mol. The second-order valence-electron chi connectivity index (χ2n) is 8.56. The van der Waals surface area contributed by atoms with Crippen LogP contribution in [0.3, 0.4) is 0 Å². The van der Waals surface area contributed by atoms with Gasteiger partial charge < -0.3 is 0 Å². The fourth-order valence-corrected chi connectivity index (χ4v) is 5.56. The van der Waals surface area contributed by atoms with Gasteiger partial charge in [0.05, 0.1) is 24.7 Å². The third kappa shape index (κ3) is 3.26. The minimum Gasteiger partial charge on any atom is -0.278 e. The topological polar surface area (TPSA) is 43.6 Å². The normalized spacial score (nSPS) is 15.4. The van der Waals surface area contributed by atoms with E-state index in [4.69, 9.17) is 25.9 Å². The van der Waals surface area contributed by atoms with Crippen molar-refractivity contribution in [2.75, 3.05) is 0 Å². The molecule has 0 aliphatic carbocycles. The fraction of sp³-hybridized carbons (Fsp3) is 0. The first-order chi connectivity index (χ1) is 23.0. The lowest BCUT2D eigenvalue weighted by Gasteiger charge is -2.10. The van der Waals surface area contributed by atoms with Gasteiger partial charge in [0.15, 0.2) is 11.6 Å². The zero-order valence-electron chi connectivity index (χ0n) is 29.5. The highest BCUT2D eigenvalue weighted by atomic mass is 32.1. The lowest BCUT2D eigenvalue weighted by Crippen LogP contribution is -2.06. The average Bonchev–Trinajstić information content (AvgIpc) is 3.70. The summed E-state index contributed by atoms with van der Waals surface area (Å²) in [7, 11) is 0. The molecule has 0 saturated carbocycles. The van der Waals surface area contributed by atoms with Gasteiger partial charge in [-0.2, -0.15) is 9.97 Å². The first-order valence-electron chi connectivity index (χ1n) is 16.7. The average molecular weight is 515 g/mol. The van der Waals surface area contributed by atoms with E-state index in [0.29, 0.717) is 11.1 Å². The Kier molecular flexibility index (Phi) is 2.98. The molecule has 3 heterocycles. The van der Waals surface area contributed by atoms with Gasteiger partial charge in [-0.15, -0.1) is 11.3 Å². The number of rotatable bonds is 3. The van der Waals surface area contributed by atoms with Crippen molar-refractivity contribution in [1.82, 2.24) is 19.5 Å². The van der Waals surface area contributed by atoms with Gasteiger partial charge in [0.1, 0.15) is 0 Å². The van der Waals surface area contributed by atoms with E-state index < -0.39 is 36.3 Å². The van der Waals surface area contributed by atoms with Crippen molar-refractivity contribution in [2.45, 2.75) is 0 Å². The Bertz CT molecular complexity index is 2620. The molecule has 0 radical (unpaired) electrons. The van der Waals surface area contributed by atoms with Crippen molar-refractivity contribution in [3.05, 3.63) is 121 Å². The summed E-state index contributed by atoms with van der Waals surface area (Å²) in [5.41, 5.74) is 1.32. The first kappa shape index (κ1) is 13.6. The van der Waals surface area contributed by atoms with Gasteiger partial charge in [0.2, 0.25) is 5.95 Å². The number of hydrogen-bond acceptors (Lipinski definition) is 4. The van der Waals surface area contributed by atoms with Crippen LogP contribution in [-0.4, -0.2) is 19.5 Å². The Morgan fingerprint density at radius 2 is 1.18 bits per heavy atom. The highest BCUT2D eigenvalue weighted by Crippen LogP contribution is 2.40. The molecule has 0 bridgehead atoms. The van der Waals surface area contributed by atoms with E-state index >= 15 is 0 Å². The zero-order valence-corrected chi connectivity index (χ0v) is 20.3. The van der Waals surface area contributed by atoms with E-state index in [0.717, 1.165) is 11.3 Å². The molecular formula is C33H20N4S. The van der Waals surface area contributed by atoms with Crippen LogP contribution in [0.2, 0.25) is 0 Å². The summed E-state index contributed by atoms with van der Waals surface area (Å²) in [6, 6.07) is 14.5. The highest BCUT2D eigenvalue weighted by molar-refractivity contribution is 7.25. The zero-order chi connectivity index (χ0) is 33.8. The van der Waals surface area contributed by atoms with Crippen LogP contribution in [0.4, 0.5) is 0 Å². The van der Waals surface area contributed by atoms with Crippen molar-refractivity contribution in [3.8, 4) is 28.7 Å². The molecule has 0 N–H and O–H groups in total. The number of hydrogen-bond donors (Lipinski definition) is 0. The van der Waals surface area contributed by atoms with Crippen molar-refractivity contribution in [2.24, 2.45) is 0 Å². The van der Waals surface area contributed by atoms with Crippen LogP contribution >= 0.6 is 11.3 Å². The molecule has 178 valence electrons. The smallest absolute Gasteiger partial charge is 0.238 e. The minimum absolute atomic E-state index is 0.0181. The summed E-state index contributed by atoms with van der Waals surface area (Å²) >= 11 is 0.957. The Morgan fingerprint density at radius 1 is 0.553 bits per heavy atom. The maximum absolute atomic E-state index is 9.52. The summed E-state index contributed by atoms with van der Waals surface area (Å²) < 4.78 is 89.5. The molecule has 0 fully saturated rings. The molecule has 0 aliphatic rings. The van der Waals surface area contributed by atoms with Crippen molar-refractivity contribution in [1.29, 1.82) is 0 Å². The Hall–Kier alpha value is -4.87. The number of benzene rings is 5. The maximum atomic E-state index is 9.52. The lowest BCUT2D eigenvalue weighted by atomic mass is 10.1. The third-order valence-corrected chi connectivity index (χ3v) is 7.33. The SMILES string of the molecule is [2H]c1c([2H])c([2H])c2c(sc3c([2H])c4c(c([2H])c32)c2c([2H])c([2H])c([2H])c([2H])c2n4-c2nc(-c3ccccc3)nc(-c3ccccc3)n2)c1[2H]. The van der Waals surface area contributed by atoms with E-state index in [2.05, 4.69) is 0 Å². The number of aromatic nitrogens is 4. The van der Waals surface area contributed by atoms with Crippen LogP contribution in [0, 0.1) is 0 Å². The molecule has 0 atom stereocenters. The van der Waals surface area contributed by atoms with Crippen LogP contribution < -0.4 is 0 Å². The van der Waals surface area contributed by atoms with Crippen molar-refractivity contribution >= 4 is 53.3 Å². The highest BCUT2D eigenvalue weighted by Gasteiger charge is 2.19. The Balaban J connectivity index is 1.62. The van der Waals surface area contributed by atoms with Crippen molar-refractivity contribution in [3.63, 3.8) is 0 Å². The van der Waals surface area contributed by atoms with Crippen LogP contribution in [-0.2, 0) is 0 Å². The molecule has 0 unspecified atom stereocenters. The summed E-state index contributed by atoms with van der Waals surface area (Å²) in [5, 5.41) is 0.182. The van der Waals surface area contributed by atoms with Crippen LogP contribution in [0.25, 0.3) is 70.7 Å². The van der Waals surface area contributed by atoms with E-state index in [1.807, 2.05) is 60.7 Å². The van der Waals surface area contributed by atoms with E-state index in [9.17, 15) is 2.74 Å². The number of para-hydroxylation sites is 1. The van der Waals surface area contributed by atoms with Gasteiger partial charge in [-0.25, -0.2) is 4.98 Å². The third-order valence-electron chi connectivity index (χ3n) is 6.31. The van der Waals surface area contributed by atoms with Gasteiger partial charge in [-0.3, -0.25) is 4.57 Å². The minimum atomic E-state index is -0.528. The second-order valence-corrected chi connectivity index (χ2v) is 9.58. The number of nitrogens with zero attached hydrogens (tertiary/aromatic N) is 4. The second kappa shape index (κ2) is 8.33. The first-order valence-corrected chi connectivity index (χ1v) is 12.6. The van der Waals surface area contributed by atoms with E-state index in [1.54, 1.807) is 0 Å². The van der Waals surface area contributed by atoms with E-state index in [1.165, 1.54) is 4.57 Å². The predicted molar refractivity (Wildman–Crippen MR) is 158 cm³/mol. The van der Waals surface area contributed by atoms with Crippen LogP contribution in [0.1, 0.15) is 13.7 Å². The van der Waals surface area contributed by atoms with E-state index in [-0.39, 0.29) is 83.7 Å². The summed E-state index contributed by atoms with van der Waals surface area (Å²) in [4.78, 5) is 14.3. The van der Waals surface area contributed by atoms with Gasteiger partial charge in [-0.1, -0.05) is 96.9 Å². The lowest BCUT2D eigenvalue weighted by molar-refractivity contribution is 0.954. The molecule has 0 aliphatic heterocycles. The molecule has 5 heteroatoms. The molecule has 0 spiro atoms. The van der Waals surface area contributed by atoms with Crippen LogP contribution in [0.15, 0.2) is 121 Å². The number of fused-ring (bicyclic) bond motifs is 6. The standard InChI is InChI=1S/C33H20N4S/c1-3-11-21(12-4-1)31-34-32(22-13-5-2-6-14-22)36-33(35-31)37-27-17-9-7-15-23(27)25-19-26-24-16-8-10-18-29(24)38-30(26)20-28(25)37/h1-20H/i7D,8D,9D,10D,15D,16D,17D,18D,19D,20D. The molecule has 38 heavy (non-hydrogen) atoms. The Morgan fingerprint density at radius 3 is 1.89 bits per heavy atom. The fourth-order valence-electron chi connectivity index (χ4n) is 4.59. The molecule has 8 rings (SSSR count). The van der Waals surface area contributed by atoms with Gasteiger partial charge in [0, 0.05) is 42.1 Å². The van der Waals surface area contributed by atoms with Gasteiger partial charge in [-0.05, 0) is 24.2 Å². The van der Waals surface area contributed by atoms with Crippen LogP contribution in [0.5, 0.6) is 0 Å². The molecule has 5 aromatic carbocycles. The quantitative estimate of drug-likeness (QED) is 0.237. The summed E-state index contributed by atoms with van der Waals surface area (Å²) in [5.74, 6) is 0.518. The predicted octanol–water partition coefficient (Wildman–Crippen LogP) is 8.67. The molecule has 0 amide bonds. The molecule has 3 aromatic heterocycles. The van der Waals surface area contributed by atoms with Gasteiger partial charge >= 0.3 is 0 Å². The van der Waals surface area contributed by atoms with Crippen molar-refractivity contribution < 1.29 is 13.7 Å².